The van der Waals surface area contributed by atoms with Crippen LogP contribution in [-0.2, 0) is 4.74 Å². The number of imidazole rings is 1. The number of carbonyl (C=O) groups excluding carboxylic acids is 1. The molecule has 0 spiro atoms. The number of rotatable bonds is 6. The molecule has 0 aliphatic rings. The Morgan fingerprint density at radius 3 is 2.49 bits per heavy atom. The van der Waals surface area contributed by atoms with Crippen LogP contribution in [0.3, 0.4) is 0 Å². The number of aryl methyl sites for hydroxylation is 1. The van der Waals surface area contributed by atoms with Crippen LogP contribution in [0.1, 0.15) is 34.1 Å². The van der Waals surface area contributed by atoms with Crippen LogP contribution in [0.15, 0.2) is 84.1 Å². The van der Waals surface area contributed by atoms with Crippen molar-refractivity contribution in [1.82, 2.24) is 15.0 Å². The molecule has 3 N–H and O–H groups in total. The first-order valence-electron chi connectivity index (χ1n) is 11.3. The molecule has 0 aliphatic heterocycles. The van der Waals surface area contributed by atoms with Crippen LogP contribution in [0.25, 0.3) is 22.2 Å². The fraction of sp³-hybridized carbons (Fsp3) is 0.107. The second kappa shape index (κ2) is 9.30. The first-order valence-corrected chi connectivity index (χ1v) is 11.3. The standard InChI is InChI=1S/C28H24N4O3/c1-3-35-28(34)20-11-14-22-23(15-20)32-27(33)24(22)26(18-7-5-4-6-8-18)31-21-12-9-19(10-13-21)25-17(2)29-16-30-25/h4-16,32-33H,3H2,1-2H3,(H,29,30). The van der Waals surface area contributed by atoms with Gasteiger partial charge in [0.1, 0.15) is 0 Å². The molecule has 0 amide bonds. The Morgan fingerprint density at radius 2 is 1.80 bits per heavy atom. The number of nitrogens with zero attached hydrogens (tertiary/aromatic N) is 2. The monoisotopic (exact) mass is 464 g/mol. The maximum absolute atomic E-state index is 12.2. The minimum Gasteiger partial charge on any atom is -0.494 e. The topological polar surface area (TPSA) is 103 Å². The molecule has 7 heteroatoms. The molecular weight excluding hydrogens is 440 g/mol. The van der Waals surface area contributed by atoms with Gasteiger partial charge in [-0.2, -0.15) is 0 Å². The Kier molecular flexibility index (Phi) is 5.89. The molecule has 0 atom stereocenters. The van der Waals surface area contributed by atoms with Crippen LogP contribution in [-0.4, -0.2) is 38.3 Å². The highest BCUT2D eigenvalue weighted by Gasteiger charge is 2.20. The molecule has 0 radical (unpaired) electrons. The normalized spacial score (nSPS) is 11.7. The van der Waals surface area contributed by atoms with E-state index in [0.717, 1.165) is 33.6 Å². The largest absolute Gasteiger partial charge is 0.494 e. The molecule has 0 aliphatic carbocycles. The van der Waals surface area contributed by atoms with Crippen molar-refractivity contribution < 1.29 is 14.6 Å². The van der Waals surface area contributed by atoms with Crippen LogP contribution in [0.4, 0.5) is 5.69 Å². The van der Waals surface area contributed by atoms with E-state index in [9.17, 15) is 9.90 Å². The maximum atomic E-state index is 12.2. The molecule has 2 aromatic heterocycles. The van der Waals surface area contributed by atoms with Crippen LogP contribution < -0.4 is 0 Å². The van der Waals surface area contributed by atoms with Crippen LogP contribution in [0, 0.1) is 6.92 Å². The van der Waals surface area contributed by atoms with Gasteiger partial charge in [0.2, 0.25) is 0 Å². The summed E-state index contributed by atoms with van der Waals surface area (Å²) in [4.78, 5) is 27.6. The fourth-order valence-electron chi connectivity index (χ4n) is 4.10. The van der Waals surface area contributed by atoms with Gasteiger partial charge in [-0.1, -0.05) is 48.5 Å². The van der Waals surface area contributed by atoms with Gasteiger partial charge in [-0.05, 0) is 38.1 Å². The minimum absolute atomic E-state index is 0.0209. The molecule has 174 valence electrons. The number of hydrogen-bond donors (Lipinski definition) is 3. The van der Waals surface area contributed by atoms with Crippen LogP contribution in [0.2, 0.25) is 0 Å². The highest BCUT2D eigenvalue weighted by molar-refractivity contribution is 6.22. The van der Waals surface area contributed by atoms with E-state index in [0.29, 0.717) is 29.0 Å². The molecule has 0 saturated heterocycles. The summed E-state index contributed by atoms with van der Waals surface area (Å²) in [7, 11) is 0. The van der Waals surface area contributed by atoms with Gasteiger partial charge in [0, 0.05) is 27.7 Å². The van der Waals surface area contributed by atoms with Crippen molar-refractivity contribution in [3.63, 3.8) is 0 Å². The average molecular weight is 465 g/mol. The Bertz CT molecular complexity index is 1530. The molecule has 35 heavy (non-hydrogen) atoms. The highest BCUT2D eigenvalue weighted by Crippen LogP contribution is 2.32. The molecule has 0 fully saturated rings. The summed E-state index contributed by atoms with van der Waals surface area (Å²) < 4.78 is 5.11. The van der Waals surface area contributed by atoms with Crippen molar-refractivity contribution in [1.29, 1.82) is 0 Å². The van der Waals surface area contributed by atoms with Crippen molar-refractivity contribution >= 4 is 28.3 Å². The first kappa shape index (κ1) is 22.2. The summed E-state index contributed by atoms with van der Waals surface area (Å²) in [5.41, 5.74) is 6.68. The van der Waals surface area contributed by atoms with Gasteiger partial charge in [-0.3, -0.25) is 0 Å². The molecular formula is C28H24N4O3. The van der Waals surface area contributed by atoms with E-state index < -0.39 is 5.97 Å². The second-order valence-corrected chi connectivity index (χ2v) is 8.08. The number of fused-ring (bicyclic) bond motifs is 1. The molecule has 5 aromatic rings. The van der Waals surface area contributed by atoms with Crippen LogP contribution >= 0.6 is 0 Å². The number of esters is 1. The fourth-order valence-corrected chi connectivity index (χ4v) is 4.10. The summed E-state index contributed by atoms with van der Waals surface area (Å²) in [5, 5.41) is 11.7. The number of hydrogen-bond acceptors (Lipinski definition) is 5. The van der Waals surface area contributed by atoms with Gasteiger partial charge in [0.25, 0.3) is 0 Å². The van der Waals surface area contributed by atoms with E-state index in [1.54, 1.807) is 31.5 Å². The summed E-state index contributed by atoms with van der Waals surface area (Å²) in [5.74, 6) is -0.429. The number of benzene rings is 3. The highest BCUT2D eigenvalue weighted by atomic mass is 16.5. The Labute approximate surface area is 202 Å². The smallest absolute Gasteiger partial charge is 0.338 e. The lowest BCUT2D eigenvalue weighted by molar-refractivity contribution is 0.0526. The van der Waals surface area contributed by atoms with E-state index in [1.165, 1.54) is 0 Å². The maximum Gasteiger partial charge on any atom is 0.338 e. The Balaban J connectivity index is 1.62. The van der Waals surface area contributed by atoms with Gasteiger partial charge in [0.05, 0.1) is 41.2 Å². The van der Waals surface area contributed by atoms with E-state index in [1.807, 2.05) is 61.5 Å². The lowest BCUT2D eigenvalue weighted by Crippen LogP contribution is -2.05. The van der Waals surface area contributed by atoms with Gasteiger partial charge >= 0.3 is 5.97 Å². The van der Waals surface area contributed by atoms with Crippen molar-refractivity contribution in [2.24, 2.45) is 4.99 Å². The lowest BCUT2D eigenvalue weighted by Gasteiger charge is -2.08. The summed E-state index contributed by atoms with van der Waals surface area (Å²) in [6.45, 7) is 4.04. The van der Waals surface area contributed by atoms with E-state index >= 15 is 0 Å². The van der Waals surface area contributed by atoms with Crippen molar-refractivity contribution in [3.05, 3.63) is 102 Å². The van der Waals surface area contributed by atoms with Crippen molar-refractivity contribution in [2.45, 2.75) is 13.8 Å². The Hall–Kier alpha value is -4.65. The number of carbonyl (C=O) groups is 1. The number of aromatic hydroxyl groups is 1. The second-order valence-electron chi connectivity index (χ2n) is 8.08. The third-order valence-electron chi connectivity index (χ3n) is 5.79. The molecule has 7 nitrogen and oxygen atoms in total. The average Bonchev–Trinajstić information content (AvgIpc) is 3.45. The van der Waals surface area contributed by atoms with Crippen molar-refractivity contribution in [2.75, 3.05) is 6.61 Å². The van der Waals surface area contributed by atoms with E-state index in [2.05, 4.69) is 15.0 Å². The van der Waals surface area contributed by atoms with Gasteiger partial charge in [-0.15, -0.1) is 0 Å². The third kappa shape index (κ3) is 4.31. The van der Waals surface area contributed by atoms with E-state index in [-0.39, 0.29) is 5.88 Å². The molecule has 0 bridgehead atoms. The number of aromatic amines is 2. The summed E-state index contributed by atoms with van der Waals surface area (Å²) >= 11 is 0. The van der Waals surface area contributed by atoms with Crippen molar-refractivity contribution in [3.8, 4) is 17.1 Å². The third-order valence-corrected chi connectivity index (χ3v) is 5.79. The number of aromatic nitrogens is 3. The minimum atomic E-state index is -0.408. The predicted molar refractivity (Wildman–Crippen MR) is 136 cm³/mol. The quantitative estimate of drug-likeness (QED) is 0.214. The van der Waals surface area contributed by atoms with Gasteiger partial charge in [0.15, 0.2) is 5.88 Å². The molecule has 5 rings (SSSR count). The van der Waals surface area contributed by atoms with E-state index in [4.69, 9.17) is 9.73 Å². The summed E-state index contributed by atoms with van der Waals surface area (Å²) in [6, 6.07) is 22.7. The number of ether oxygens (including phenoxy) is 1. The zero-order valence-electron chi connectivity index (χ0n) is 19.4. The zero-order chi connectivity index (χ0) is 24.4. The first-order chi connectivity index (χ1) is 17.0. The van der Waals surface area contributed by atoms with Gasteiger partial charge in [-0.25, -0.2) is 14.8 Å². The number of aliphatic imine (C=N–C) groups is 1. The SMILES string of the molecule is CCOC(=O)c1ccc2c(C(=Nc3ccc(-c4nc[nH]c4C)cc3)c3ccccc3)c(O)[nH]c2c1. The lowest BCUT2D eigenvalue weighted by atomic mass is 10.00. The molecule has 3 aromatic carbocycles. The molecule has 2 heterocycles. The Morgan fingerprint density at radius 1 is 1.03 bits per heavy atom. The predicted octanol–water partition coefficient (Wildman–Crippen LogP) is 5.92. The summed E-state index contributed by atoms with van der Waals surface area (Å²) in [6.07, 6.45) is 1.68. The van der Waals surface area contributed by atoms with Gasteiger partial charge < -0.3 is 19.8 Å². The number of H-pyrrole nitrogens is 2. The number of nitrogens with one attached hydrogen (secondary N) is 2. The zero-order valence-corrected chi connectivity index (χ0v) is 19.4. The van der Waals surface area contributed by atoms with Crippen LogP contribution in [0.5, 0.6) is 5.88 Å². The molecule has 0 saturated carbocycles. The molecule has 0 unspecified atom stereocenters.